The Hall–Kier alpha value is -3.88. The van der Waals surface area contributed by atoms with Gasteiger partial charge in [0.15, 0.2) is 18.1 Å². The van der Waals surface area contributed by atoms with E-state index >= 15 is 0 Å². The Bertz CT molecular complexity index is 1420. The number of hydrogen-bond acceptors (Lipinski definition) is 6. The molecule has 2 N–H and O–H groups in total. The molecule has 0 atom stereocenters. The van der Waals surface area contributed by atoms with Crippen molar-refractivity contribution < 1.29 is 28.2 Å². The second kappa shape index (κ2) is 9.17. The number of rotatable bonds is 6. The molecule has 34 heavy (non-hydrogen) atoms. The van der Waals surface area contributed by atoms with Gasteiger partial charge in [0.2, 0.25) is 12.6 Å². The van der Waals surface area contributed by atoms with Crippen molar-refractivity contribution >= 4 is 57.4 Å². The summed E-state index contributed by atoms with van der Waals surface area (Å²) in [5, 5.41) is 6.75. The summed E-state index contributed by atoms with van der Waals surface area (Å²) in [6, 6.07) is 16.7. The average Bonchev–Trinajstić information content (AvgIpc) is 3.43. The highest BCUT2D eigenvalue weighted by atomic mass is 35.5. The van der Waals surface area contributed by atoms with E-state index in [0.717, 1.165) is 0 Å². The number of amides is 2. The van der Waals surface area contributed by atoms with Crippen molar-refractivity contribution in [2.24, 2.45) is 0 Å². The van der Waals surface area contributed by atoms with Gasteiger partial charge in [-0.15, -0.1) is 0 Å². The van der Waals surface area contributed by atoms with Gasteiger partial charge < -0.3 is 29.3 Å². The molecule has 0 unspecified atom stereocenters. The van der Waals surface area contributed by atoms with Crippen LogP contribution in [0.4, 0.5) is 11.4 Å². The normalized spacial score (nSPS) is 11.9. The lowest BCUT2D eigenvalue weighted by atomic mass is 10.2. The minimum absolute atomic E-state index is 0.0586. The van der Waals surface area contributed by atoms with E-state index in [1.54, 1.807) is 54.6 Å². The zero-order valence-corrected chi connectivity index (χ0v) is 18.9. The quantitative estimate of drug-likeness (QED) is 0.351. The molecule has 5 rings (SSSR count). The number of ether oxygens (including phenoxy) is 3. The number of furan rings is 1. The maximum absolute atomic E-state index is 13.1. The second-order valence-corrected chi connectivity index (χ2v) is 8.08. The number of anilines is 2. The van der Waals surface area contributed by atoms with Gasteiger partial charge in [-0.3, -0.25) is 9.59 Å². The van der Waals surface area contributed by atoms with Crippen molar-refractivity contribution in [2.45, 2.75) is 0 Å². The number of carbonyl (C=O) groups excluding carboxylic acids is 2. The highest BCUT2D eigenvalue weighted by Gasteiger charge is 2.23. The Balaban J connectivity index is 1.36. The molecule has 4 aromatic rings. The average molecular weight is 499 g/mol. The number of halogens is 2. The minimum atomic E-state index is -0.549. The summed E-state index contributed by atoms with van der Waals surface area (Å²) in [6.45, 7) is -0.222. The Morgan fingerprint density at radius 1 is 0.941 bits per heavy atom. The van der Waals surface area contributed by atoms with Gasteiger partial charge in [-0.05, 0) is 42.5 Å². The van der Waals surface area contributed by atoms with E-state index in [2.05, 4.69) is 10.6 Å². The molecule has 0 radical (unpaired) electrons. The van der Waals surface area contributed by atoms with Crippen LogP contribution in [0.25, 0.3) is 11.0 Å². The number of nitrogens with one attached hydrogen (secondary N) is 2. The predicted molar refractivity (Wildman–Crippen MR) is 127 cm³/mol. The zero-order chi connectivity index (χ0) is 23.7. The van der Waals surface area contributed by atoms with Crippen LogP contribution in [-0.2, 0) is 4.79 Å². The summed E-state index contributed by atoms with van der Waals surface area (Å²) in [4.78, 5) is 25.7. The third-order valence-corrected chi connectivity index (χ3v) is 5.48. The van der Waals surface area contributed by atoms with Gasteiger partial charge in [0, 0.05) is 22.2 Å². The molecule has 2 heterocycles. The van der Waals surface area contributed by atoms with Crippen molar-refractivity contribution in [1.82, 2.24) is 0 Å². The standard InChI is InChI=1S/C24H16Cl2N2O6/c25-13-5-7-18(16(26)9-13)31-11-21(29)28-22-15-3-1-2-4-17(15)34-23(22)24(30)27-14-6-8-19-20(10-14)33-12-32-19/h1-10H,11-12H2,(H,27,30)(H,28,29). The first-order valence-electron chi connectivity index (χ1n) is 10.1. The summed E-state index contributed by atoms with van der Waals surface area (Å²) >= 11 is 12.0. The molecule has 2 amide bonds. The lowest BCUT2D eigenvalue weighted by molar-refractivity contribution is -0.118. The zero-order valence-electron chi connectivity index (χ0n) is 17.4. The van der Waals surface area contributed by atoms with Crippen LogP contribution in [0.2, 0.25) is 10.0 Å². The van der Waals surface area contributed by atoms with E-state index in [1.165, 1.54) is 6.07 Å². The molecule has 0 bridgehead atoms. The molecule has 1 aliphatic rings. The van der Waals surface area contributed by atoms with Gasteiger partial charge in [-0.25, -0.2) is 0 Å². The summed E-state index contributed by atoms with van der Waals surface area (Å²) in [5.74, 6) is 0.307. The van der Waals surface area contributed by atoms with E-state index in [0.29, 0.717) is 38.9 Å². The molecule has 10 heteroatoms. The molecule has 0 saturated carbocycles. The lowest BCUT2D eigenvalue weighted by Gasteiger charge is -2.10. The van der Waals surface area contributed by atoms with E-state index in [4.69, 9.17) is 41.8 Å². The van der Waals surface area contributed by atoms with E-state index < -0.39 is 11.8 Å². The number of hydrogen-bond donors (Lipinski definition) is 2. The van der Waals surface area contributed by atoms with Crippen LogP contribution in [-0.4, -0.2) is 25.2 Å². The molecule has 3 aromatic carbocycles. The van der Waals surface area contributed by atoms with Crippen molar-refractivity contribution in [3.63, 3.8) is 0 Å². The van der Waals surface area contributed by atoms with Gasteiger partial charge in [0.05, 0.1) is 5.02 Å². The fraction of sp³-hybridized carbons (Fsp3) is 0.0833. The van der Waals surface area contributed by atoms with Crippen molar-refractivity contribution in [1.29, 1.82) is 0 Å². The Morgan fingerprint density at radius 3 is 2.62 bits per heavy atom. The number of carbonyl (C=O) groups is 2. The van der Waals surface area contributed by atoms with Crippen molar-refractivity contribution in [3.8, 4) is 17.2 Å². The van der Waals surface area contributed by atoms with Gasteiger partial charge >= 0.3 is 0 Å². The molecule has 0 aliphatic carbocycles. The third kappa shape index (κ3) is 4.46. The van der Waals surface area contributed by atoms with Crippen LogP contribution >= 0.6 is 23.2 Å². The summed E-state index contributed by atoms with van der Waals surface area (Å²) in [5.41, 5.74) is 1.15. The summed E-state index contributed by atoms with van der Waals surface area (Å²) in [6.07, 6.45) is 0. The van der Waals surface area contributed by atoms with Crippen molar-refractivity contribution in [3.05, 3.63) is 76.5 Å². The van der Waals surface area contributed by atoms with E-state index in [-0.39, 0.29) is 29.9 Å². The largest absolute Gasteiger partial charge is 0.482 e. The number of benzene rings is 3. The molecule has 0 saturated heterocycles. The van der Waals surface area contributed by atoms with Crippen LogP contribution in [0, 0.1) is 0 Å². The SMILES string of the molecule is O=C(COc1ccc(Cl)cc1Cl)Nc1c(C(=O)Nc2ccc3c(c2)OCO3)oc2ccccc12. The topological polar surface area (TPSA) is 99.0 Å². The van der Waals surface area contributed by atoms with Crippen LogP contribution < -0.4 is 24.8 Å². The molecular weight excluding hydrogens is 483 g/mol. The lowest BCUT2D eigenvalue weighted by Crippen LogP contribution is -2.22. The van der Waals surface area contributed by atoms with Crippen LogP contribution in [0.1, 0.15) is 10.6 Å². The van der Waals surface area contributed by atoms with Crippen LogP contribution in [0.3, 0.4) is 0 Å². The van der Waals surface area contributed by atoms with Gasteiger partial charge in [-0.1, -0.05) is 35.3 Å². The first-order valence-corrected chi connectivity index (χ1v) is 10.8. The van der Waals surface area contributed by atoms with E-state index in [1.807, 2.05) is 0 Å². The fourth-order valence-electron chi connectivity index (χ4n) is 3.40. The second-order valence-electron chi connectivity index (χ2n) is 7.24. The Labute approximate surface area is 203 Å². The molecule has 0 fully saturated rings. The highest BCUT2D eigenvalue weighted by Crippen LogP contribution is 2.36. The Kier molecular flexibility index (Phi) is 5.91. The molecule has 8 nitrogen and oxygen atoms in total. The van der Waals surface area contributed by atoms with Gasteiger partial charge in [0.1, 0.15) is 17.0 Å². The number of fused-ring (bicyclic) bond motifs is 2. The van der Waals surface area contributed by atoms with Gasteiger partial charge in [0.25, 0.3) is 11.8 Å². The highest BCUT2D eigenvalue weighted by molar-refractivity contribution is 6.35. The monoisotopic (exact) mass is 498 g/mol. The molecule has 172 valence electrons. The summed E-state index contributed by atoms with van der Waals surface area (Å²) < 4.78 is 21.9. The van der Waals surface area contributed by atoms with E-state index in [9.17, 15) is 9.59 Å². The molecule has 0 spiro atoms. The number of para-hydroxylation sites is 1. The molecule has 1 aromatic heterocycles. The van der Waals surface area contributed by atoms with Crippen molar-refractivity contribution in [2.75, 3.05) is 24.0 Å². The maximum atomic E-state index is 13.1. The smallest absolute Gasteiger partial charge is 0.293 e. The Morgan fingerprint density at radius 2 is 1.76 bits per heavy atom. The maximum Gasteiger partial charge on any atom is 0.293 e. The molecule has 1 aliphatic heterocycles. The first kappa shape index (κ1) is 21.9. The first-order chi connectivity index (χ1) is 16.5. The minimum Gasteiger partial charge on any atom is -0.482 e. The van der Waals surface area contributed by atoms with Gasteiger partial charge in [-0.2, -0.15) is 0 Å². The van der Waals surface area contributed by atoms with Crippen LogP contribution in [0.5, 0.6) is 17.2 Å². The predicted octanol–water partition coefficient (Wildman–Crippen LogP) is 5.74. The fourth-order valence-corrected chi connectivity index (χ4v) is 3.87. The third-order valence-electron chi connectivity index (χ3n) is 4.95. The molecular formula is C24H16Cl2N2O6. The van der Waals surface area contributed by atoms with Crippen LogP contribution in [0.15, 0.2) is 65.1 Å². The summed E-state index contributed by atoms with van der Waals surface area (Å²) in [7, 11) is 0.